The van der Waals surface area contributed by atoms with E-state index in [4.69, 9.17) is 5.11 Å². The molecule has 0 unspecified atom stereocenters. The average molecular weight is 180 g/mol. The van der Waals surface area contributed by atoms with E-state index in [0.717, 1.165) is 5.19 Å². The lowest BCUT2D eigenvalue weighted by Gasteiger charge is -2.15. The summed E-state index contributed by atoms with van der Waals surface area (Å²) in [6.07, 6.45) is 0. The van der Waals surface area contributed by atoms with Gasteiger partial charge in [0.15, 0.2) is 0 Å². The van der Waals surface area contributed by atoms with Crippen LogP contribution >= 0.6 is 0 Å². The Labute approximate surface area is 72.9 Å². The monoisotopic (exact) mass is 180 g/mol. The van der Waals surface area contributed by atoms with Crippen molar-refractivity contribution >= 4 is 18.9 Å². The Morgan fingerprint density at radius 3 is 2.17 bits per heavy atom. The minimum absolute atomic E-state index is 0.659. The van der Waals surface area contributed by atoms with Crippen molar-refractivity contribution < 1.29 is 9.90 Å². The molecule has 0 bridgehead atoms. The van der Waals surface area contributed by atoms with Crippen LogP contribution in [0, 0.1) is 0 Å². The predicted octanol–water partition coefficient (Wildman–Crippen LogP) is 1.86. The van der Waals surface area contributed by atoms with Gasteiger partial charge in [-0.05, 0) is 5.19 Å². The highest BCUT2D eigenvalue weighted by Crippen LogP contribution is 2.03. The van der Waals surface area contributed by atoms with Gasteiger partial charge < -0.3 is 5.11 Å². The lowest BCUT2D eigenvalue weighted by Crippen LogP contribution is -2.48. The topological polar surface area (TPSA) is 37.3 Å². The van der Waals surface area contributed by atoms with Crippen LogP contribution in [0.2, 0.25) is 13.1 Å². The Hall–Kier alpha value is -1.09. The zero-order valence-corrected chi connectivity index (χ0v) is 8.24. The number of carbonyl (C=O) groups is 1. The van der Waals surface area contributed by atoms with Crippen LogP contribution in [-0.4, -0.2) is 18.8 Å². The molecule has 0 amide bonds. The van der Waals surface area contributed by atoms with E-state index in [9.17, 15) is 4.79 Å². The van der Waals surface area contributed by atoms with Crippen LogP contribution in [0.3, 0.4) is 0 Å². The highest BCUT2D eigenvalue weighted by molar-refractivity contribution is 7.11. The van der Waals surface area contributed by atoms with Gasteiger partial charge in [0.05, 0.1) is 0 Å². The van der Waals surface area contributed by atoms with E-state index in [1.807, 2.05) is 43.4 Å². The summed E-state index contributed by atoms with van der Waals surface area (Å²) in [5.74, 6) is 0. The second kappa shape index (κ2) is 3.11. The molecule has 1 N–H and O–H groups in total. The summed E-state index contributed by atoms with van der Waals surface area (Å²) >= 11 is 0. The molecule has 1 rings (SSSR count). The SMILES string of the molecule is C[Si](C)(C(=O)O)c1ccccc1. The molecule has 0 saturated heterocycles. The molecule has 64 valence electrons. The molecule has 0 aliphatic rings. The van der Waals surface area contributed by atoms with Gasteiger partial charge in [0, 0.05) is 0 Å². The largest absolute Gasteiger partial charge is 0.485 e. The van der Waals surface area contributed by atoms with Crippen molar-refractivity contribution in [2.75, 3.05) is 0 Å². The summed E-state index contributed by atoms with van der Waals surface area (Å²) in [7, 11) is -2.24. The summed E-state index contributed by atoms with van der Waals surface area (Å²) in [5, 5.41) is 9.93. The van der Waals surface area contributed by atoms with Crippen molar-refractivity contribution in [3.05, 3.63) is 30.3 Å². The van der Waals surface area contributed by atoms with Crippen LogP contribution < -0.4 is 5.19 Å². The van der Waals surface area contributed by atoms with E-state index in [-0.39, 0.29) is 0 Å². The molecule has 0 aromatic heterocycles. The van der Waals surface area contributed by atoms with E-state index in [2.05, 4.69) is 0 Å². The van der Waals surface area contributed by atoms with Gasteiger partial charge in [-0.1, -0.05) is 43.4 Å². The molecule has 1 aromatic carbocycles. The van der Waals surface area contributed by atoms with Crippen LogP contribution in [0.5, 0.6) is 0 Å². The van der Waals surface area contributed by atoms with Gasteiger partial charge in [0.25, 0.3) is 5.59 Å². The van der Waals surface area contributed by atoms with E-state index < -0.39 is 13.7 Å². The van der Waals surface area contributed by atoms with Gasteiger partial charge in [0.1, 0.15) is 0 Å². The Kier molecular flexibility index (Phi) is 2.33. The predicted molar refractivity (Wildman–Crippen MR) is 51.6 cm³/mol. The Morgan fingerprint density at radius 1 is 1.25 bits per heavy atom. The van der Waals surface area contributed by atoms with Gasteiger partial charge in [0.2, 0.25) is 8.07 Å². The zero-order valence-electron chi connectivity index (χ0n) is 7.24. The molecular weight excluding hydrogens is 168 g/mol. The highest BCUT2D eigenvalue weighted by atomic mass is 28.3. The van der Waals surface area contributed by atoms with E-state index >= 15 is 0 Å². The third kappa shape index (κ3) is 1.56. The van der Waals surface area contributed by atoms with E-state index in [0.29, 0.717) is 0 Å². The van der Waals surface area contributed by atoms with Crippen molar-refractivity contribution in [2.45, 2.75) is 13.1 Å². The van der Waals surface area contributed by atoms with Crippen LogP contribution in [0.4, 0.5) is 4.79 Å². The summed E-state index contributed by atoms with van der Waals surface area (Å²) in [6.45, 7) is 3.68. The summed E-state index contributed by atoms with van der Waals surface area (Å²) < 4.78 is 0. The molecule has 0 fully saturated rings. The van der Waals surface area contributed by atoms with E-state index in [1.165, 1.54) is 0 Å². The molecule has 1 aromatic rings. The average Bonchev–Trinajstić information content (AvgIpc) is 2.06. The number of carboxylic acid groups (broad SMARTS) is 1. The van der Waals surface area contributed by atoms with Crippen LogP contribution in [-0.2, 0) is 0 Å². The normalized spacial score (nSPS) is 11.2. The second-order valence-electron chi connectivity index (χ2n) is 3.30. The second-order valence-corrected chi connectivity index (χ2v) is 7.55. The van der Waals surface area contributed by atoms with Crippen molar-refractivity contribution in [1.29, 1.82) is 0 Å². The lowest BCUT2D eigenvalue weighted by molar-refractivity contribution is 0.218. The molecule has 0 atom stereocenters. The summed E-state index contributed by atoms with van der Waals surface area (Å²) in [5.41, 5.74) is -0.659. The first-order valence-electron chi connectivity index (χ1n) is 3.84. The zero-order chi connectivity index (χ0) is 9.19. The molecule has 0 saturated carbocycles. The minimum atomic E-state index is -2.24. The van der Waals surface area contributed by atoms with E-state index in [1.54, 1.807) is 0 Å². The molecule has 12 heavy (non-hydrogen) atoms. The number of rotatable bonds is 2. The maximum Gasteiger partial charge on any atom is 0.274 e. The highest BCUT2D eigenvalue weighted by Gasteiger charge is 2.32. The first-order chi connectivity index (χ1) is 5.55. The number of hydrogen-bond donors (Lipinski definition) is 1. The fourth-order valence-electron chi connectivity index (χ4n) is 0.978. The van der Waals surface area contributed by atoms with Crippen molar-refractivity contribution in [1.82, 2.24) is 0 Å². The summed E-state index contributed by atoms with van der Waals surface area (Å²) in [4.78, 5) is 10.9. The molecule has 0 heterocycles. The fourth-order valence-corrected chi connectivity index (χ4v) is 2.25. The molecule has 0 spiro atoms. The molecule has 0 aliphatic heterocycles. The van der Waals surface area contributed by atoms with Gasteiger partial charge in [-0.15, -0.1) is 0 Å². The molecule has 3 heteroatoms. The van der Waals surface area contributed by atoms with Crippen molar-refractivity contribution in [2.24, 2.45) is 0 Å². The maximum absolute atomic E-state index is 10.9. The fraction of sp³-hybridized carbons (Fsp3) is 0.222. The first kappa shape index (κ1) is 9.00. The molecule has 0 aliphatic carbocycles. The van der Waals surface area contributed by atoms with Gasteiger partial charge in [-0.2, -0.15) is 0 Å². The molecule has 2 nitrogen and oxygen atoms in total. The maximum atomic E-state index is 10.9. The minimum Gasteiger partial charge on any atom is -0.485 e. The first-order valence-corrected chi connectivity index (χ1v) is 6.84. The smallest absolute Gasteiger partial charge is 0.274 e. The molecular formula is C9H12O2Si. The Bertz CT molecular complexity index is 280. The number of benzene rings is 1. The van der Waals surface area contributed by atoms with Gasteiger partial charge >= 0.3 is 0 Å². The Morgan fingerprint density at radius 2 is 1.75 bits per heavy atom. The summed E-state index contributed by atoms with van der Waals surface area (Å²) in [6, 6.07) is 9.44. The third-order valence-corrected chi connectivity index (χ3v) is 4.88. The van der Waals surface area contributed by atoms with Crippen LogP contribution in [0.15, 0.2) is 30.3 Å². The Balaban J connectivity index is 3.06. The third-order valence-electron chi connectivity index (χ3n) is 2.03. The lowest BCUT2D eigenvalue weighted by atomic mass is 10.4. The van der Waals surface area contributed by atoms with Gasteiger partial charge in [-0.3, -0.25) is 4.79 Å². The van der Waals surface area contributed by atoms with Crippen molar-refractivity contribution in [3.8, 4) is 0 Å². The van der Waals surface area contributed by atoms with Crippen LogP contribution in [0.25, 0.3) is 0 Å². The van der Waals surface area contributed by atoms with Crippen molar-refractivity contribution in [3.63, 3.8) is 0 Å². The standard InChI is InChI=1S/C9H12O2Si/c1-12(2,9(10)11)8-6-4-3-5-7-8/h3-7H,1-2H3,(H,10,11). The van der Waals surface area contributed by atoms with Crippen LogP contribution in [0.1, 0.15) is 0 Å². The van der Waals surface area contributed by atoms with Gasteiger partial charge in [-0.25, -0.2) is 0 Å². The molecule has 0 radical (unpaired) electrons. The quantitative estimate of drug-likeness (QED) is 0.705. The number of hydrogen-bond acceptors (Lipinski definition) is 1.